The molecule has 3 N–H and O–H groups in total. The molecular weight excluding hydrogens is 387 g/mol. The Bertz CT molecular complexity index is 1130. The fourth-order valence-electron chi connectivity index (χ4n) is 3.05. The molecule has 3 aromatic carbocycles. The molecule has 0 aliphatic rings. The number of hydrogen-bond acceptors (Lipinski definition) is 3. The summed E-state index contributed by atoms with van der Waals surface area (Å²) in [5.41, 5.74) is 2.43. The van der Waals surface area contributed by atoms with E-state index >= 15 is 0 Å². The van der Waals surface area contributed by atoms with Crippen molar-refractivity contribution in [3.63, 3.8) is 0 Å². The second kappa shape index (κ2) is 7.96. The van der Waals surface area contributed by atoms with Crippen LogP contribution >= 0.6 is 7.60 Å². The van der Waals surface area contributed by atoms with E-state index in [9.17, 15) is 24.3 Å². The predicted octanol–water partition coefficient (Wildman–Crippen LogP) is 4.67. The van der Waals surface area contributed by atoms with Crippen molar-refractivity contribution in [2.75, 3.05) is 0 Å². The number of phenols is 1. The average Bonchev–Trinajstić information content (AvgIpc) is 2.69. The largest absolute Gasteiger partial charge is 0.507 e. The van der Waals surface area contributed by atoms with Crippen LogP contribution < -0.4 is 0 Å². The smallest absolute Gasteiger partial charge is 0.338 e. The van der Waals surface area contributed by atoms with Gasteiger partial charge in [-0.2, -0.15) is 0 Å². The number of phenolic OH excluding ortho intramolecular Hbond substituents is 1. The van der Waals surface area contributed by atoms with E-state index in [4.69, 9.17) is 0 Å². The standard InChI is InChI=1S/C23H23O5P/c1-23(2,29(26,27)28)21(24)13-12-17-15-18(14-16-8-4-3-5-9-16)22(25)20-11-7-6-10-19(17)20/h3-13,15,25H,14H2,1-2H3,(H2,26,27,28)/b13-12+. The van der Waals surface area contributed by atoms with Crippen LogP contribution in [0, 0.1) is 0 Å². The summed E-state index contributed by atoms with van der Waals surface area (Å²) in [4.78, 5) is 31.3. The molecule has 0 bridgehead atoms. The van der Waals surface area contributed by atoms with Gasteiger partial charge in [-0.05, 0) is 48.1 Å². The molecular formula is C23H23O5P. The SMILES string of the molecule is CC(C)(C(=O)/C=C/c1cc(Cc2ccccc2)c(O)c2ccccc12)P(=O)(O)O. The third-order valence-corrected chi connectivity index (χ3v) is 6.79. The molecule has 5 nitrogen and oxygen atoms in total. The Labute approximate surface area is 169 Å². The predicted molar refractivity (Wildman–Crippen MR) is 115 cm³/mol. The van der Waals surface area contributed by atoms with E-state index in [0.717, 1.165) is 10.9 Å². The molecule has 0 atom stereocenters. The zero-order valence-electron chi connectivity index (χ0n) is 16.2. The van der Waals surface area contributed by atoms with Crippen molar-refractivity contribution in [1.82, 2.24) is 0 Å². The molecule has 29 heavy (non-hydrogen) atoms. The highest BCUT2D eigenvalue weighted by molar-refractivity contribution is 7.54. The highest BCUT2D eigenvalue weighted by Crippen LogP contribution is 2.50. The van der Waals surface area contributed by atoms with E-state index in [1.54, 1.807) is 18.2 Å². The van der Waals surface area contributed by atoms with E-state index in [2.05, 4.69) is 0 Å². The van der Waals surface area contributed by atoms with Crippen LogP contribution in [-0.2, 0) is 15.8 Å². The van der Waals surface area contributed by atoms with Gasteiger partial charge in [0.15, 0.2) is 5.78 Å². The lowest BCUT2D eigenvalue weighted by molar-refractivity contribution is -0.116. The van der Waals surface area contributed by atoms with Crippen LogP contribution in [0.3, 0.4) is 0 Å². The summed E-state index contributed by atoms with van der Waals surface area (Å²) in [6.45, 7) is 2.46. The monoisotopic (exact) mass is 410 g/mol. The number of allylic oxidation sites excluding steroid dienone is 1. The number of aromatic hydroxyl groups is 1. The molecule has 0 amide bonds. The zero-order valence-corrected chi connectivity index (χ0v) is 17.1. The molecule has 0 aromatic heterocycles. The summed E-state index contributed by atoms with van der Waals surface area (Å²) >= 11 is 0. The molecule has 0 aliphatic carbocycles. The van der Waals surface area contributed by atoms with Crippen LogP contribution in [-0.4, -0.2) is 25.8 Å². The molecule has 0 saturated carbocycles. The van der Waals surface area contributed by atoms with E-state index < -0.39 is 18.5 Å². The number of hydrogen-bond donors (Lipinski definition) is 3. The maximum absolute atomic E-state index is 12.4. The van der Waals surface area contributed by atoms with Gasteiger partial charge < -0.3 is 14.9 Å². The Balaban J connectivity index is 2.06. The highest BCUT2D eigenvalue weighted by atomic mass is 31.2. The first-order valence-corrected chi connectivity index (χ1v) is 10.8. The number of carbonyl (C=O) groups excluding carboxylic acids is 1. The molecule has 0 heterocycles. The summed E-state index contributed by atoms with van der Waals surface area (Å²) in [5, 5.41) is 10.4. The van der Waals surface area contributed by atoms with Crippen molar-refractivity contribution in [1.29, 1.82) is 0 Å². The zero-order chi connectivity index (χ0) is 21.2. The minimum absolute atomic E-state index is 0.184. The second-order valence-corrected chi connectivity index (χ2v) is 9.69. The summed E-state index contributed by atoms with van der Waals surface area (Å²) in [5.74, 6) is -0.476. The van der Waals surface area contributed by atoms with Gasteiger partial charge in [0.1, 0.15) is 10.9 Å². The topological polar surface area (TPSA) is 94.8 Å². The molecule has 0 saturated heterocycles. The Morgan fingerprint density at radius 3 is 2.21 bits per heavy atom. The molecule has 0 unspecified atom stereocenters. The number of fused-ring (bicyclic) bond motifs is 1. The number of ketones is 1. The van der Waals surface area contributed by atoms with Crippen LogP contribution in [0.5, 0.6) is 5.75 Å². The quantitative estimate of drug-likeness (QED) is 0.405. The van der Waals surface area contributed by atoms with E-state index in [1.807, 2.05) is 48.5 Å². The number of carbonyl (C=O) groups is 1. The van der Waals surface area contributed by atoms with Crippen LogP contribution in [0.25, 0.3) is 16.8 Å². The molecule has 0 radical (unpaired) electrons. The van der Waals surface area contributed by atoms with Crippen molar-refractivity contribution < 1.29 is 24.3 Å². The Morgan fingerprint density at radius 2 is 1.59 bits per heavy atom. The maximum Gasteiger partial charge on any atom is 0.338 e. The lowest BCUT2D eigenvalue weighted by atomic mass is 9.95. The molecule has 6 heteroatoms. The van der Waals surface area contributed by atoms with Crippen molar-refractivity contribution in [2.24, 2.45) is 0 Å². The van der Waals surface area contributed by atoms with E-state index in [-0.39, 0.29) is 5.75 Å². The van der Waals surface area contributed by atoms with Crippen molar-refractivity contribution >= 4 is 30.2 Å². The minimum Gasteiger partial charge on any atom is -0.507 e. The third-order valence-electron chi connectivity index (χ3n) is 5.11. The number of benzene rings is 3. The minimum atomic E-state index is -4.60. The fourth-order valence-corrected chi connectivity index (χ4v) is 3.41. The van der Waals surface area contributed by atoms with Gasteiger partial charge in [-0.15, -0.1) is 0 Å². The molecule has 0 spiro atoms. The fraction of sp³-hybridized carbons (Fsp3) is 0.174. The van der Waals surface area contributed by atoms with Gasteiger partial charge in [0.05, 0.1) is 0 Å². The van der Waals surface area contributed by atoms with Crippen LogP contribution in [0.2, 0.25) is 0 Å². The first kappa shape index (κ1) is 21.0. The van der Waals surface area contributed by atoms with Crippen molar-refractivity contribution in [3.05, 3.63) is 83.4 Å². The van der Waals surface area contributed by atoms with Crippen LogP contribution in [0.4, 0.5) is 0 Å². The van der Waals surface area contributed by atoms with Gasteiger partial charge in [0.2, 0.25) is 0 Å². The lowest BCUT2D eigenvalue weighted by Crippen LogP contribution is -2.29. The van der Waals surface area contributed by atoms with Crippen LogP contribution in [0.1, 0.15) is 30.5 Å². The van der Waals surface area contributed by atoms with Gasteiger partial charge in [-0.1, -0.05) is 60.7 Å². The van der Waals surface area contributed by atoms with Crippen molar-refractivity contribution in [3.8, 4) is 5.75 Å². The van der Waals surface area contributed by atoms with Gasteiger partial charge in [-0.3, -0.25) is 9.36 Å². The first-order valence-electron chi connectivity index (χ1n) is 9.17. The molecule has 3 rings (SSSR count). The molecule has 150 valence electrons. The van der Waals surface area contributed by atoms with Gasteiger partial charge in [-0.25, -0.2) is 0 Å². The summed E-state index contributed by atoms with van der Waals surface area (Å²) in [7, 11) is -4.60. The summed E-state index contributed by atoms with van der Waals surface area (Å²) < 4.78 is 11.6. The second-order valence-electron chi connectivity index (χ2n) is 7.48. The van der Waals surface area contributed by atoms with Crippen LogP contribution in [0.15, 0.2) is 66.7 Å². The van der Waals surface area contributed by atoms with E-state index in [0.29, 0.717) is 22.9 Å². The molecule has 0 aliphatic heterocycles. The molecule has 0 fully saturated rings. The average molecular weight is 410 g/mol. The Morgan fingerprint density at radius 1 is 1.00 bits per heavy atom. The van der Waals surface area contributed by atoms with E-state index in [1.165, 1.54) is 19.9 Å². The normalized spacial score (nSPS) is 12.6. The maximum atomic E-state index is 12.4. The number of rotatable bonds is 6. The Hall–Kier alpha value is -2.72. The van der Waals surface area contributed by atoms with Crippen molar-refractivity contribution in [2.45, 2.75) is 25.4 Å². The first-order chi connectivity index (χ1) is 13.6. The van der Waals surface area contributed by atoms with Gasteiger partial charge in [0.25, 0.3) is 0 Å². The molecule has 3 aromatic rings. The van der Waals surface area contributed by atoms with Gasteiger partial charge in [0, 0.05) is 11.8 Å². The summed E-state index contributed by atoms with van der Waals surface area (Å²) in [6, 6.07) is 18.8. The summed E-state index contributed by atoms with van der Waals surface area (Å²) in [6.07, 6.45) is 3.26. The highest BCUT2D eigenvalue weighted by Gasteiger charge is 2.43. The third kappa shape index (κ3) is 4.33. The lowest BCUT2D eigenvalue weighted by Gasteiger charge is -2.22. The Kier molecular flexibility index (Phi) is 5.76. The van der Waals surface area contributed by atoms with Gasteiger partial charge >= 0.3 is 7.60 Å².